The van der Waals surface area contributed by atoms with Gasteiger partial charge in [0.2, 0.25) is 0 Å². The van der Waals surface area contributed by atoms with Crippen LogP contribution >= 0.6 is 0 Å². The molecule has 2 unspecified atom stereocenters. The normalized spacial score (nSPS) is 27.4. The summed E-state index contributed by atoms with van der Waals surface area (Å²) in [7, 11) is 0. The average Bonchev–Trinajstić information content (AvgIpc) is 2.48. The molecule has 0 amide bonds. The maximum atomic E-state index is 12.9. The van der Waals surface area contributed by atoms with E-state index in [1.54, 1.807) is 6.07 Å². The van der Waals surface area contributed by atoms with Crippen LogP contribution in [0, 0.1) is 11.7 Å². The Balaban J connectivity index is 1.71. The summed E-state index contributed by atoms with van der Waals surface area (Å²) < 4.78 is 19.0. The Morgan fingerprint density at radius 2 is 2.10 bits per heavy atom. The molecule has 4 heteroatoms. The predicted molar refractivity (Wildman–Crippen MR) is 73.6 cm³/mol. The number of rotatable bonds is 2. The monoisotopic (exact) mass is 279 g/mol. The van der Waals surface area contributed by atoms with Crippen molar-refractivity contribution in [2.24, 2.45) is 5.92 Å². The van der Waals surface area contributed by atoms with Crippen molar-refractivity contribution in [3.05, 3.63) is 29.8 Å². The van der Waals surface area contributed by atoms with Gasteiger partial charge < -0.3 is 9.84 Å². The molecular weight excluding hydrogens is 257 g/mol. The standard InChI is InChI=1S/C16H22FNO2/c17-13-4-5-14(18-11-13)15(19)12-6-9-20-16(10-12)7-2-1-3-8-16/h4-5,11-12,15,19H,1-3,6-10H2. The van der Waals surface area contributed by atoms with Crippen LogP contribution in [0.1, 0.15) is 56.7 Å². The molecule has 110 valence electrons. The summed E-state index contributed by atoms with van der Waals surface area (Å²) in [5.74, 6) is -0.198. The van der Waals surface area contributed by atoms with Gasteiger partial charge in [0.05, 0.1) is 23.6 Å². The number of nitrogens with zero attached hydrogens (tertiary/aromatic N) is 1. The molecule has 1 saturated carbocycles. The molecule has 1 spiro atoms. The van der Waals surface area contributed by atoms with Gasteiger partial charge >= 0.3 is 0 Å². The number of pyridine rings is 1. The van der Waals surface area contributed by atoms with Crippen LogP contribution in [0.2, 0.25) is 0 Å². The third-order valence-electron chi connectivity index (χ3n) is 4.80. The van der Waals surface area contributed by atoms with Crippen molar-refractivity contribution in [1.29, 1.82) is 0 Å². The molecule has 1 aliphatic carbocycles. The topological polar surface area (TPSA) is 42.4 Å². The van der Waals surface area contributed by atoms with E-state index < -0.39 is 6.10 Å². The van der Waals surface area contributed by atoms with E-state index >= 15 is 0 Å². The van der Waals surface area contributed by atoms with Gasteiger partial charge in [0.25, 0.3) is 0 Å². The first-order chi connectivity index (χ1) is 9.69. The Labute approximate surface area is 119 Å². The molecule has 0 aromatic carbocycles. The highest BCUT2D eigenvalue weighted by Crippen LogP contribution is 2.43. The van der Waals surface area contributed by atoms with Crippen molar-refractivity contribution in [3.63, 3.8) is 0 Å². The van der Waals surface area contributed by atoms with Crippen molar-refractivity contribution in [2.75, 3.05) is 6.61 Å². The lowest BCUT2D eigenvalue weighted by Crippen LogP contribution is -2.42. The lowest BCUT2D eigenvalue weighted by Gasteiger charge is -2.44. The van der Waals surface area contributed by atoms with Gasteiger partial charge in [0.15, 0.2) is 0 Å². The van der Waals surface area contributed by atoms with Crippen LogP contribution in [0.25, 0.3) is 0 Å². The molecule has 1 aromatic rings. The highest BCUT2D eigenvalue weighted by atomic mass is 19.1. The number of aliphatic hydroxyl groups excluding tert-OH is 1. The van der Waals surface area contributed by atoms with Crippen molar-refractivity contribution >= 4 is 0 Å². The molecule has 2 atom stereocenters. The SMILES string of the molecule is OC(c1ccc(F)cn1)C1CCOC2(CCCCC2)C1. The van der Waals surface area contributed by atoms with Crippen LogP contribution in [-0.2, 0) is 4.74 Å². The van der Waals surface area contributed by atoms with Gasteiger partial charge in [0.1, 0.15) is 5.82 Å². The van der Waals surface area contributed by atoms with Gasteiger partial charge in [-0.15, -0.1) is 0 Å². The molecule has 3 rings (SSSR count). The van der Waals surface area contributed by atoms with Crippen molar-refractivity contribution in [2.45, 2.75) is 56.7 Å². The largest absolute Gasteiger partial charge is 0.387 e. The van der Waals surface area contributed by atoms with Crippen LogP contribution in [0.5, 0.6) is 0 Å². The number of aromatic nitrogens is 1. The second-order valence-corrected chi connectivity index (χ2v) is 6.19. The zero-order valence-electron chi connectivity index (χ0n) is 11.7. The van der Waals surface area contributed by atoms with Crippen molar-refractivity contribution in [1.82, 2.24) is 4.98 Å². The van der Waals surface area contributed by atoms with Crippen LogP contribution in [0.3, 0.4) is 0 Å². The van der Waals surface area contributed by atoms with Crippen LogP contribution in [-0.4, -0.2) is 22.3 Å². The zero-order chi connectivity index (χ0) is 14.0. The van der Waals surface area contributed by atoms with E-state index in [0.29, 0.717) is 12.3 Å². The zero-order valence-corrected chi connectivity index (χ0v) is 11.7. The van der Waals surface area contributed by atoms with E-state index in [0.717, 1.165) is 25.7 Å². The van der Waals surface area contributed by atoms with Gasteiger partial charge in [-0.1, -0.05) is 19.3 Å². The third kappa shape index (κ3) is 2.86. The minimum absolute atomic E-state index is 0.0256. The fourth-order valence-corrected chi connectivity index (χ4v) is 3.68. The number of hydrogen-bond acceptors (Lipinski definition) is 3. The van der Waals surface area contributed by atoms with Crippen LogP contribution in [0.15, 0.2) is 18.3 Å². The molecule has 1 aliphatic heterocycles. The molecule has 20 heavy (non-hydrogen) atoms. The Kier molecular flexibility index (Phi) is 4.03. The Hall–Kier alpha value is -1.00. The fraction of sp³-hybridized carbons (Fsp3) is 0.688. The minimum atomic E-state index is -0.613. The lowest BCUT2D eigenvalue weighted by molar-refractivity contribution is -0.134. The fourth-order valence-electron chi connectivity index (χ4n) is 3.68. The van der Waals surface area contributed by atoms with E-state index in [-0.39, 0.29) is 17.3 Å². The Morgan fingerprint density at radius 1 is 1.30 bits per heavy atom. The third-order valence-corrected chi connectivity index (χ3v) is 4.80. The van der Waals surface area contributed by atoms with Gasteiger partial charge in [0, 0.05) is 6.61 Å². The van der Waals surface area contributed by atoms with Gasteiger partial charge in [-0.25, -0.2) is 4.39 Å². The van der Waals surface area contributed by atoms with Crippen molar-refractivity contribution in [3.8, 4) is 0 Å². The molecule has 1 aromatic heterocycles. The van der Waals surface area contributed by atoms with Gasteiger partial charge in [-0.2, -0.15) is 0 Å². The number of halogens is 1. The molecular formula is C16H22FNO2. The first-order valence-electron chi connectivity index (χ1n) is 7.62. The first-order valence-corrected chi connectivity index (χ1v) is 7.62. The van der Waals surface area contributed by atoms with Gasteiger partial charge in [-0.3, -0.25) is 4.98 Å². The second kappa shape index (κ2) is 5.78. The van der Waals surface area contributed by atoms with Crippen LogP contribution in [0.4, 0.5) is 4.39 Å². The summed E-state index contributed by atoms with van der Waals surface area (Å²) in [4.78, 5) is 4.02. The summed E-state index contributed by atoms with van der Waals surface area (Å²) in [5, 5.41) is 10.5. The van der Waals surface area contributed by atoms with E-state index in [9.17, 15) is 9.50 Å². The lowest BCUT2D eigenvalue weighted by atomic mass is 9.74. The molecule has 2 fully saturated rings. The molecule has 0 radical (unpaired) electrons. The van der Waals surface area contributed by atoms with Crippen LogP contribution < -0.4 is 0 Å². The molecule has 2 aliphatic rings. The van der Waals surface area contributed by atoms with E-state index in [1.807, 2.05) is 0 Å². The van der Waals surface area contributed by atoms with E-state index in [1.165, 1.54) is 31.5 Å². The molecule has 3 nitrogen and oxygen atoms in total. The smallest absolute Gasteiger partial charge is 0.141 e. The number of ether oxygens (including phenoxy) is 1. The van der Waals surface area contributed by atoms with E-state index in [2.05, 4.69) is 4.98 Å². The minimum Gasteiger partial charge on any atom is -0.387 e. The first kappa shape index (κ1) is 14.0. The van der Waals surface area contributed by atoms with Crippen molar-refractivity contribution < 1.29 is 14.2 Å². The predicted octanol–water partition coefficient (Wildman–Crippen LogP) is 3.38. The molecule has 1 saturated heterocycles. The summed E-state index contributed by atoms with van der Waals surface area (Å²) >= 11 is 0. The molecule has 0 bridgehead atoms. The summed E-state index contributed by atoms with van der Waals surface area (Å²) in [6.45, 7) is 0.711. The average molecular weight is 279 g/mol. The summed E-state index contributed by atoms with van der Waals surface area (Å²) in [6.07, 6.45) is 8.25. The molecule has 1 N–H and O–H groups in total. The Bertz CT molecular complexity index is 437. The maximum Gasteiger partial charge on any atom is 0.141 e. The Morgan fingerprint density at radius 3 is 2.80 bits per heavy atom. The quantitative estimate of drug-likeness (QED) is 0.902. The second-order valence-electron chi connectivity index (χ2n) is 6.19. The summed E-state index contributed by atoms with van der Waals surface area (Å²) in [6, 6.07) is 2.95. The highest BCUT2D eigenvalue weighted by molar-refractivity contribution is 5.10. The number of hydrogen-bond donors (Lipinski definition) is 1. The maximum absolute atomic E-state index is 12.9. The molecule has 2 heterocycles. The van der Waals surface area contributed by atoms with Gasteiger partial charge in [-0.05, 0) is 43.7 Å². The highest BCUT2D eigenvalue weighted by Gasteiger charge is 2.40. The van der Waals surface area contributed by atoms with E-state index in [4.69, 9.17) is 4.74 Å². The number of aliphatic hydroxyl groups is 1. The summed E-state index contributed by atoms with van der Waals surface area (Å²) in [5.41, 5.74) is 0.548.